The number of rotatable bonds is 3. The highest BCUT2D eigenvalue weighted by atomic mass is 79.9. The average Bonchev–Trinajstić information content (AvgIpc) is 3.03. The standard InChI is InChI=1S/C18H13BrN4O3S/c19-12-3-1-11(2-4-12)15-9-23(17-16(15)18(24)22-10-21-17)13-5-7-14(8-6-13)27(20,25)26/h1-10H,(H2,20,25,26)(H,21,22,24). The Hall–Kier alpha value is -2.75. The van der Waals surface area contributed by atoms with Crippen molar-refractivity contribution in [1.29, 1.82) is 0 Å². The van der Waals surface area contributed by atoms with E-state index in [0.717, 1.165) is 15.6 Å². The van der Waals surface area contributed by atoms with Gasteiger partial charge in [0.1, 0.15) is 0 Å². The minimum atomic E-state index is -3.78. The second kappa shape index (κ2) is 6.45. The highest BCUT2D eigenvalue weighted by molar-refractivity contribution is 9.10. The van der Waals surface area contributed by atoms with Crippen LogP contribution in [0.5, 0.6) is 0 Å². The fourth-order valence-corrected chi connectivity index (χ4v) is 3.69. The van der Waals surface area contributed by atoms with Gasteiger partial charge in [-0.1, -0.05) is 28.1 Å². The molecule has 0 saturated heterocycles. The van der Waals surface area contributed by atoms with Crippen LogP contribution in [0.15, 0.2) is 75.2 Å². The largest absolute Gasteiger partial charge is 0.312 e. The maximum atomic E-state index is 12.5. The molecule has 7 nitrogen and oxygen atoms in total. The molecule has 0 amide bonds. The molecule has 2 aromatic carbocycles. The monoisotopic (exact) mass is 444 g/mol. The van der Waals surface area contributed by atoms with E-state index in [0.29, 0.717) is 16.7 Å². The normalized spacial score (nSPS) is 11.8. The van der Waals surface area contributed by atoms with E-state index in [1.807, 2.05) is 30.5 Å². The second-order valence-electron chi connectivity index (χ2n) is 5.89. The van der Waals surface area contributed by atoms with Crippen molar-refractivity contribution in [2.24, 2.45) is 5.14 Å². The number of H-pyrrole nitrogens is 1. The van der Waals surface area contributed by atoms with Crippen LogP contribution in [0.1, 0.15) is 0 Å². The highest BCUT2D eigenvalue weighted by Crippen LogP contribution is 2.30. The lowest BCUT2D eigenvalue weighted by atomic mass is 10.1. The molecule has 0 radical (unpaired) electrons. The van der Waals surface area contributed by atoms with Crippen LogP contribution in [-0.4, -0.2) is 23.0 Å². The first-order valence-corrected chi connectivity index (χ1v) is 10.2. The van der Waals surface area contributed by atoms with Crippen molar-refractivity contribution in [2.45, 2.75) is 4.90 Å². The zero-order chi connectivity index (χ0) is 19.2. The van der Waals surface area contributed by atoms with Crippen molar-refractivity contribution in [3.8, 4) is 16.8 Å². The Morgan fingerprint density at radius 1 is 1.04 bits per heavy atom. The average molecular weight is 445 g/mol. The van der Waals surface area contributed by atoms with Gasteiger partial charge in [-0.25, -0.2) is 18.5 Å². The zero-order valence-electron chi connectivity index (χ0n) is 13.8. The van der Waals surface area contributed by atoms with Crippen LogP contribution in [0.4, 0.5) is 0 Å². The number of aromatic amines is 1. The fourth-order valence-electron chi connectivity index (χ4n) is 2.91. The fraction of sp³-hybridized carbons (Fsp3) is 0. The van der Waals surface area contributed by atoms with Gasteiger partial charge in [0.2, 0.25) is 10.0 Å². The second-order valence-corrected chi connectivity index (χ2v) is 8.37. The summed E-state index contributed by atoms with van der Waals surface area (Å²) in [6.45, 7) is 0. The molecule has 0 bridgehead atoms. The minimum absolute atomic E-state index is 0.0154. The molecule has 4 aromatic rings. The van der Waals surface area contributed by atoms with Crippen molar-refractivity contribution in [3.63, 3.8) is 0 Å². The molecule has 27 heavy (non-hydrogen) atoms. The summed E-state index contributed by atoms with van der Waals surface area (Å²) >= 11 is 3.40. The molecule has 0 aliphatic heterocycles. The number of nitrogens with one attached hydrogen (secondary N) is 1. The van der Waals surface area contributed by atoms with Gasteiger partial charge in [0.25, 0.3) is 5.56 Å². The summed E-state index contributed by atoms with van der Waals surface area (Å²) in [5, 5.41) is 5.61. The Bertz CT molecular complexity index is 1310. The first kappa shape index (κ1) is 17.7. The predicted molar refractivity (Wildman–Crippen MR) is 106 cm³/mol. The van der Waals surface area contributed by atoms with Gasteiger partial charge in [0.15, 0.2) is 5.65 Å². The van der Waals surface area contributed by atoms with Crippen LogP contribution in [0, 0.1) is 0 Å². The maximum absolute atomic E-state index is 12.5. The van der Waals surface area contributed by atoms with Crippen molar-refractivity contribution < 1.29 is 8.42 Å². The van der Waals surface area contributed by atoms with Gasteiger partial charge in [-0.2, -0.15) is 0 Å². The zero-order valence-corrected chi connectivity index (χ0v) is 16.2. The Kier molecular flexibility index (Phi) is 4.22. The molecule has 3 N–H and O–H groups in total. The Balaban J connectivity index is 1.96. The van der Waals surface area contributed by atoms with Gasteiger partial charge in [0, 0.05) is 21.9 Å². The molecule has 0 unspecified atom stereocenters. The van der Waals surface area contributed by atoms with E-state index in [4.69, 9.17) is 5.14 Å². The van der Waals surface area contributed by atoms with Crippen molar-refractivity contribution in [2.75, 3.05) is 0 Å². The van der Waals surface area contributed by atoms with Gasteiger partial charge in [0.05, 0.1) is 16.6 Å². The minimum Gasteiger partial charge on any atom is -0.312 e. The van der Waals surface area contributed by atoms with Gasteiger partial charge >= 0.3 is 0 Å². The molecule has 0 fully saturated rings. The number of halogens is 1. The number of sulfonamides is 1. The lowest BCUT2D eigenvalue weighted by molar-refractivity contribution is 0.598. The van der Waals surface area contributed by atoms with E-state index >= 15 is 0 Å². The van der Waals surface area contributed by atoms with E-state index in [1.54, 1.807) is 16.7 Å². The van der Waals surface area contributed by atoms with Crippen LogP contribution < -0.4 is 10.7 Å². The molecule has 9 heteroatoms. The smallest absolute Gasteiger partial charge is 0.260 e. The molecule has 0 spiro atoms. The topological polar surface area (TPSA) is 111 Å². The number of hydrogen-bond acceptors (Lipinski definition) is 4. The SMILES string of the molecule is NS(=O)(=O)c1ccc(-n2cc(-c3ccc(Br)cc3)c3c(=O)[nH]cnc32)cc1. The third-order valence-corrected chi connectivity index (χ3v) is 5.65. The van der Waals surface area contributed by atoms with E-state index < -0.39 is 10.0 Å². The molecule has 0 saturated carbocycles. The summed E-state index contributed by atoms with van der Waals surface area (Å²) < 4.78 is 25.6. The third kappa shape index (κ3) is 3.20. The van der Waals surface area contributed by atoms with Crippen molar-refractivity contribution in [3.05, 3.63) is 75.9 Å². The third-order valence-electron chi connectivity index (χ3n) is 4.19. The number of hydrogen-bond donors (Lipinski definition) is 2. The Morgan fingerprint density at radius 2 is 1.70 bits per heavy atom. The number of primary sulfonamides is 1. The molecule has 0 atom stereocenters. The molecule has 0 aliphatic rings. The Morgan fingerprint density at radius 3 is 2.33 bits per heavy atom. The maximum Gasteiger partial charge on any atom is 0.260 e. The number of benzene rings is 2. The molecule has 4 rings (SSSR count). The first-order chi connectivity index (χ1) is 12.8. The lowest BCUT2D eigenvalue weighted by Gasteiger charge is -2.05. The number of nitrogens with zero attached hydrogens (tertiary/aromatic N) is 2. The van der Waals surface area contributed by atoms with Crippen molar-refractivity contribution in [1.82, 2.24) is 14.5 Å². The van der Waals surface area contributed by atoms with E-state index in [1.165, 1.54) is 18.5 Å². The summed E-state index contributed by atoms with van der Waals surface area (Å²) in [7, 11) is -3.78. The molecular formula is C18H13BrN4O3S. The molecule has 0 aliphatic carbocycles. The predicted octanol–water partition coefficient (Wildman–Crippen LogP) is 2.79. The van der Waals surface area contributed by atoms with E-state index in [9.17, 15) is 13.2 Å². The van der Waals surface area contributed by atoms with Crippen LogP contribution in [-0.2, 0) is 10.0 Å². The summed E-state index contributed by atoms with van der Waals surface area (Å²) in [4.78, 5) is 19.4. The number of fused-ring (bicyclic) bond motifs is 1. The lowest BCUT2D eigenvalue weighted by Crippen LogP contribution is -2.12. The Labute approximate surface area is 162 Å². The molecule has 2 heterocycles. The van der Waals surface area contributed by atoms with Crippen LogP contribution in [0.2, 0.25) is 0 Å². The van der Waals surface area contributed by atoms with E-state index in [-0.39, 0.29) is 10.5 Å². The summed E-state index contributed by atoms with van der Waals surface area (Å²) in [5.41, 5.74) is 2.47. The summed E-state index contributed by atoms with van der Waals surface area (Å²) in [6.07, 6.45) is 3.15. The van der Waals surface area contributed by atoms with E-state index in [2.05, 4.69) is 25.9 Å². The van der Waals surface area contributed by atoms with Crippen molar-refractivity contribution >= 4 is 37.0 Å². The van der Waals surface area contributed by atoms with Gasteiger partial charge < -0.3 is 9.55 Å². The van der Waals surface area contributed by atoms with Gasteiger partial charge in [-0.15, -0.1) is 0 Å². The highest BCUT2D eigenvalue weighted by Gasteiger charge is 2.16. The molecule has 136 valence electrons. The quantitative estimate of drug-likeness (QED) is 0.505. The molecular weight excluding hydrogens is 432 g/mol. The summed E-state index contributed by atoms with van der Waals surface area (Å²) in [5.74, 6) is 0. The first-order valence-electron chi connectivity index (χ1n) is 7.82. The van der Waals surface area contributed by atoms with Gasteiger partial charge in [-0.3, -0.25) is 4.79 Å². The van der Waals surface area contributed by atoms with Crippen LogP contribution in [0.25, 0.3) is 27.8 Å². The van der Waals surface area contributed by atoms with Crippen LogP contribution >= 0.6 is 15.9 Å². The molecule has 2 aromatic heterocycles. The van der Waals surface area contributed by atoms with Crippen LogP contribution in [0.3, 0.4) is 0 Å². The number of nitrogens with two attached hydrogens (primary N) is 1. The summed E-state index contributed by atoms with van der Waals surface area (Å²) in [6, 6.07) is 13.7. The van der Waals surface area contributed by atoms with Gasteiger partial charge in [-0.05, 0) is 42.0 Å². The number of aromatic nitrogens is 3.